The summed E-state index contributed by atoms with van der Waals surface area (Å²) < 4.78 is 1.20. The number of pyridine rings is 1. The van der Waals surface area contributed by atoms with Gasteiger partial charge in [-0.15, -0.1) is 11.3 Å². The van der Waals surface area contributed by atoms with Crippen LogP contribution in [0.5, 0.6) is 0 Å². The van der Waals surface area contributed by atoms with Crippen LogP contribution in [-0.4, -0.2) is 25.6 Å². The fourth-order valence-electron chi connectivity index (χ4n) is 2.24. The van der Waals surface area contributed by atoms with Crippen LogP contribution in [0.25, 0.3) is 21.6 Å². The first kappa shape index (κ1) is 14.4. The van der Waals surface area contributed by atoms with Gasteiger partial charge in [0.2, 0.25) is 0 Å². The molecule has 0 aromatic carbocycles. The summed E-state index contributed by atoms with van der Waals surface area (Å²) in [5, 5.41) is 9.56. The third-order valence-electron chi connectivity index (χ3n) is 3.28. The Morgan fingerprint density at radius 3 is 2.73 bits per heavy atom. The van der Waals surface area contributed by atoms with Crippen molar-refractivity contribution in [3.05, 3.63) is 45.8 Å². The van der Waals surface area contributed by atoms with Gasteiger partial charge in [0.15, 0.2) is 0 Å². The number of aromatic nitrogens is 3. The molecule has 0 spiro atoms. The summed E-state index contributed by atoms with van der Waals surface area (Å²) in [4.78, 5) is 33.9. The smallest absolute Gasteiger partial charge is 0.323 e. The number of carboxylic acid groups (broad SMARTS) is 1. The van der Waals surface area contributed by atoms with Crippen LogP contribution in [0.4, 0.5) is 0 Å². The van der Waals surface area contributed by atoms with Crippen LogP contribution in [0.1, 0.15) is 11.8 Å². The van der Waals surface area contributed by atoms with Gasteiger partial charge in [-0.2, -0.15) is 0 Å². The first-order valence-corrected chi connectivity index (χ1v) is 7.57. The number of carbonyl (C=O) groups is 1. The highest BCUT2D eigenvalue weighted by atomic mass is 32.1. The molecule has 0 fully saturated rings. The van der Waals surface area contributed by atoms with Gasteiger partial charge in [-0.3, -0.25) is 19.1 Å². The number of hydrogen-bond donors (Lipinski definition) is 1. The molecule has 6 nitrogen and oxygen atoms in total. The molecule has 0 saturated heterocycles. The van der Waals surface area contributed by atoms with Crippen molar-refractivity contribution in [3.63, 3.8) is 0 Å². The molecule has 0 radical (unpaired) electrons. The lowest BCUT2D eigenvalue weighted by atomic mass is 10.2. The molecule has 22 heavy (non-hydrogen) atoms. The Morgan fingerprint density at radius 1 is 1.36 bits per heavy atom. The molecule has 0 amide bonds. The topological polar surface area (TPSA) is 85.1 Å². The van der Waals surface area contributed by atoms with Crippen molar-refractivity contribution in [2.24, 2.45) is 0 Å². The minimum Gasteiger partial charge on any atom is -0.480 e. The van der Waals surface area contributed by atoms with E-state index in [1.54, 1.807) is 30.6 Å². The zero-order chi connectivity index (χ0) is 15.7. The molecule has 112 valence electrons. The zero-order valence-electron chi connectivity index (χ0n) is 11.8. The van der Waals surface area contributed by atoms with Gasteiger partial charge in [0.05, 0.1) is 5.39 Å². The quantitative estimate of drug-likeness (QED) is 0.797. The minimum absolute atomic E-state index is 0.324. The summed E-state index contributed by atoms with van der Waals surface area (Å²) in [6.45, 7) is 1.58. The second-order valence-corrected chi connectivity index (χ2v) is 5.86. The van der Waals surface area contributed by atoms with E-state index >= 15 is 0 Å². The molecule has 0 saturated carbocycles. The fraction of sp³-hybridized carbons (Fsp3) is 0.200. The van der Waals surface area contributed by atoms with Crippen LogP contribution >= 0.6 is 11.3 Å². The highest BCUT2D eigenvalue weighted by molar-refractivity contribution is 7.18. The molecule has 7 heteroatoms. The van der Waals surface area contributed by atoms with E-state index in [9.17, 15) is 9.59 Å². The van der Waals surface area contributed by atoms with Crippen LogP contribution in [0.2, 0.25) is 0 Å². The van der Waals surface area contributed by atoms with Crippen LogP contribution in [-0.2, 0) is 17.8 Å². The number of nitrogens with zero attached hydrogens (tertiary/aromatic N) is 3. The Labute approximate surface area is 129 Å². The Hall–Kier alpha value is -2.54. The average molecular weight is 315 g/mol. The third kappa shape index (κ3) is 2.50. The number of hydrogen-bond acceptors (Lipinski definition) is 5. The van der Waals surface area contributed by atoms with Crippen molar-refractivity contribution in [2.45, 2.75) is 19.9 Å². The molecular formula is C15H13N3O3S. The number of aryl methyl sites for hydroxylation is 1. The lowest BCUT2D eigenvalue weighted by molar-refractivity contribution is -0.137. The maximum Gasteiger partial charge on any atom is 0.323 e. The molecule has 3 aromatic heterocycles. The Kier molecular flexibility index (Phi) is 3.72. The van der Waals surface area contributed by atoms with Crippen molar-refractivity contribution < 1.29 is 9.90 Å². The molecule has 0 bridgehead atoms. The van der Waals surface area contributed by atoms with Crippen molar-refractivity contribution >= 4 is 27.5 Å². The maximum absolute atomic E-state index is 12.6. The molecule has 3 rings (SSSR count). The number of fused-ring (bicyclic) bond motifs is 1. The average Bonchev–Trinajstić information content (AvgIpc) is 2.94. The molecule has 0 aliphatic rings. The van der Waals surface area contributed by atoms with E-state index in [0.717, 1.165) is 11.3 Å². The van der Waals surface area contributed by atoms with E-state index < -0.39 is 12.5 Å². The molecular weight excluding hydrogens is 302 g/mol. The molecule has 0 aliphatic heterocycles. The van der Waals surface area contributed by atoms with Gasteiger partial charge in [-0.1, -0.05) is 6.92 Å². The van der Waals surface area contributed by atoms with Gasteiger partial charge in [0.1, 0.15) is 17.2 Å². The zero-order valence-corrected chi connectivity index (χ0v) is 12.6. The van der Waals surface area contributed by atoms with Crippen LogP contribution in [0, 0.1) is 0 Å². The van der Waals surface area contributed by atoms with Gasteiger partial charge in [-0.05, 0) is 24.6 Å². The van der Waals surface area contributed by atoms with Crippen molar-refractivity contribution in [1.29, 1.82) is 0 Å². The summed E-state index contributed by atoms with van der Waals surface area (Å²) >= 11 is 1.46. The Morgan fingerprint density at radius 2 is 2.09 bits per heavy atom. The van der Waals surface area contributed by atoms with E-state index in [0.29, 0.717) is 21.6 Å². The van der Waals surface area contributed by atoms with Crippen molar-refractivity contribution in [1.82, 2.24) is 14.5 Å². The number of carboxylic acids is 1. The summed E-state index contributed by atoms with van der Waals surface area (Å²) in [6.07, 6.45) is 3.98. The summed E-state index contributed by atoms with van der Waals surface area (Å²) in [5.41, 5.74) is 0.344. The molecule has 0 unspecified atom stereocenters. The largest absolute Gasteiger partial charge is 0.480 e. The SMILES string of the molecule is CCc1cc2c(=O)n(CC(=O)O)c(-c3ccncc3)nc2s1. The predicted octanol–water partition coefficient (Wildman–Crippen LogP) is 2.17. The van der Waals surface area contributed by atoms with Gasteiger partial charge in [0.25, 0.3) is 5.56 Å². The van der Waals surface area contributed by atoms with Crippen LogP contribution in [0.15, 0.2) is 35.4 Å². The van der Waals surface area contributed by atoms with E-state index in [2.05, 4.69) is 9.97 Å². The van der Waals surface area contributed by atoms with Crippen molar-refractivity contribution in [3.8, 4) is 11.4 Å². The monoisotopic (exact) mass is 315 g/mol. The lowest BCUT2D eigenvalue weighted by Gasteiger charge is -2.10. The number of aliphatic carboxylic acids is 1. The van der Waals surface area contributed by atoms with Gasteiger partial charge >= 0.3 is 5.97 Å². The summed E-state index contributed by atoms with van der Waals surface area (Å²) in [6, 6.07) is 5.21. The van der Waals surface area contributed by atoms with Crippen LogP contribution in [0.3, 0.4) is 0 Å². The summed E-state index contributed by atoms with van der Waals surface area (Å²) in [5.74, 6) is -0.726. The number of thiophene rings is 1. The molecule has 3 aromatic rings. The molecule has 3 heterocycles. The second kappa shape index (κ2) is 5.69. The molecule has 0 aliphatic carbocycles. The highest BCUT2D eigenvalue weighted by Crippen LogP contribution is 2.25. The number of rotatable bonds is 4. The van der Waals surface area contributed by atoms with Crippen LogP contribution < -0.4 is 5.56 Å². The molecule has 1 N–H and O–H groups in total. The molecule has 0 atom stereocenters. The standard InChI is InChI=1S/C15H13N3O3S/c1-2-10-7-11-14(22-10)17-13(9-3-5-16-6-4-9)18(15(11)21)8-12(19)20/h3-7H,2,8H2,1H3,(H,19,20). The van der Waals surface area contributed by atoms with Crippen molar-refractivity contribution in [2.75, 3.05) is 0 Å². The Balaban J connectivity index is 2.33. The van der Waals surface area contributed by atoms with E-state index in [1.165, 1.54) is 15.9 Å². The highest BCUT2D eigenvalue weighted by Gasteiger charge is 2.16. The second-order valence-electron chi connectivity index (χ2n) is 4.74. The van der Waals surface area contributed by atoms with E-state index in [4.69, 9.17) is 5.11 Å². The van der Waals surface area contributed by atoms with E-state index in [1.807, 2.05) is 6.92 Å². The van der Waals surface area contributed by atoms with Gasteiger partial charge in [0, 0.05) is 22.8 Å². The predicted molar refractivity (Wildman–Crippen MR) is 84.1 cm³/mol. The first-order valence-electron chi connectivity index (χ1n) is 6.75. The minimum atomic E-state index is -1.08. The normalized spacial score (nSPS) is 11.0. The van der Waals surface area contributed by atoms with E-state index in [-0.39, 0.29) is 5.56 Å². The fourth-order valence-corrected chi connectivity index (χ4v) is 3.20. The Bertz CT molecular complexity index is 900. The maximum atomic E-state index is 12.6. The first-order chi connectivity index (χ1) is 10.6. The third-order valence-corrected chi connectivity index (χ3v) is 4.46. The summed E-state index contributed by atoms with van der Waals surface area (Å²) in [7, 11) is 0. The van der Waals surface area contributed by atoms with Gasteiger partial charge in [-0.25, -0.2) is 4.98 Å². The van der Waals surface area contributed by atoms with Gasteiger partial charge < -0.3 is 5.11 Å². The lowest BCUT2D eigenvalue weighted by Crippen LogP contribution is -2.26.